The molecule has 1 rings (SSSR count). The number of carbonyl (C=O) groups is 2. The highest BCUT2D eigenvalue weighted by atomic mass is 16.2. The largest absolute Gasteiger partial charge is 0.348 e. The van der Waals surface area contributed by atoms with E-state index in [1.54, 1.807) is 0 Å². The SMILES string of the molecule is CC[C@H](C)NC(=O)C(=O)NCCCCc1ccccc1. The van der Waals surface area contributed by atoms with Crippen molar-refractivity contribution in [2.24, 2.45) is 0 Å². The summed E-state index contributed by atoms with van der Waals surface area (Å²) in [7, 11) is 0. The Morgan fingerprint density at radius 3 is 2.45 bits per heavy atom. The monoisotopic (exact) mass is 276 g/mol. The molecule has 0 spiro atoms. The second-order valence-electron chi connectivity index (χ2n) is 4.98. The van der Waals surface area contributed by atoms with Crippen LogP contribution in [-0.2, 0) is 16.0 Å². The van der Waals surface area contributed by atoms with Crippen LogP contribution in [0.5, 0.6) is 0 Å². The Bertz CT molecular complexity index is 418. The molecule has 0 unspecified atom stereocenters. The molecule has 0 bridgehead atoms. The molecule has 2 N–H and O–H groups in total. The quantitative estimate of drug-likeness (QED) is 0.591. The summed E-state index contributed by atoms with van der Waals surface area (Å²) in [5.41, 5.74) is 1.30. The van der Waals surface area contributed by atoms with Gasteiger partial charge in [-0.25, -0.2) is 0 Å². The van der Waals surface area contributed by atoms with E-state index in [2.05, 4.69) is 22.8 Å². The van der Waals surface area contributed by atoms with E-state index >= 15 is 0 Å². The minimum atomic E-state index is -0.539. The lowest BCUT2D eigenvalue weighted by molar-refractivity contribution is -0.139. The van der Waals surface area contributed by atoms with Gasteiger partial charge in [-0.1, -0.05) is 37.3 Å². The van der Waals surface area contributed by atoms with Crippen molar-refractivity contribution in [3.05, 3.63) is 35.9 Å². The molecule has 0 aromatic heterocycles. The summed E-state index contributed by atoms with van der Waals surface area (Å²) in [5.74, 6) is -1.08. The van der Waals surface area contributed by atoms with Crippen molar-refractivity contribution in [1.29, 1.82) is 0 Å². The second-order valence-corrected chi connectivity index (χ2v) is 4.98. The molecular formula is C16H24N2O2. The Balaban J connectivity index is 2.11. The fraction of sp³-hybridized carbons (Fsp3) is 0.500. The standard InChI is InChI=1S/C16H24N2O2/c1-3-13(2)18-16(20)15(19)17-12-8-7-11-14-9-5-4-6-10-14/h4-6,9-10,13H,3,7-8,11-12H2,1-2H3,(H,17,19)(H,18,20)/t13-/m0/s1. The fourth-order valence-corrected chi connectivity index (χ4v) is 1.77. The van der Waals surface area contributed by atoms with Gasteiger partial charge in [-0.3, -0.25) is 9.59 Å². The van der Waals surface area contributed by atoms with Crippen molar-refractivity contribution in [2.75, 3.05) is 6.54 Å². The second kappa shape index (κ2) is 9.13. The zero-order valence-corrected chi connectivity index (χ0v) is 12.3. The molecule has 0 fully saturated rings. The third-order valence-corrected chi connectivity index (χ3v) is 3.22. The van der Waals surface area contributed by atoms with Crippen molar-refractivity contribution in [2.45, 2.75) is 45.6 Å². The van der Waals surface area contributed by atoms with E-state index in [0.29, 0.717) is 6.54 Å². The Morgan fingerprint density at radius 2 is 1.80 bits per heavy atom. The first-order valence-electron chi connectivity index (χ1n) is 7.26. The van der Waals surface area contributed by atoms with E-state index in [1.165, 1.54) is 5.56 Å². The average molecular weight is 276 g/mol. The average Bonchev–Trinajstić information content (AvgIpc) is 2.47. The van der Waals surface area contributed by atoms with Crippen molar-refractivity contribution < 1.29 is 9.59 Å². The smallest absolute Gasteiger partial charge is 0.309 e. The molecule has 0 saturated heterocycles. The Kier molecular flexibility index (Phi) is 7.40. The lowest BCUT2D eigenvalue weighted by Gasteiger charge is -2.11. The first kappa shape index (κ1) is 16.2. The minimum absolute atomic E-state index is 0.0336. The first-order valence-corrected chi connectivity index (χ1v) is 7.26. The van der Waals surface area contributed by atoms with E-state index in [-0.39, 0.29) is 6.04 Å². The number of hydrogen-bond acceptors (Lipinski definition) is 2. The third-order valence-electron chi connectivity index (χ3n) is 3.22. The molecule has 0 aliphatic rings. The molecule has 0 radical (unpaired) electrons. The molecule has 2 amide bonds. The summed E-state index contributed by atoms with van der Waals surface area (Å²) < 4.78 is 0. The molecule has 4 heteroatoms. The zero-order chi connectivity index (χ0) is 14.8. The van der Waals surface area contributed by atoms with E-state index in [4.69, 9.17) is 0 Å². The minimum Gasteiger partial charge on any atom is -0.348 e. The molecule has 4 nitrogen and oxygen atoms in total. The molecule has 20 heavy (non-hydrogen) atoms. The van der Waals surface area contributed by atoms with Crippen molar-refractivity contribution in [3.8, 4) is 0 Å². The molecule has 0 aliphatic heterocycles. The highest BCUT2D eigenvalue weighted by Crippen LogP contribution is 2.03. The van der Waals surface area contributed by atoms with Gasteiger partial charge in [0.25, 0.3) is 0 Å². The predicted molar refractivity (Wildman–Crippen MR) is 80.3 cm³/mol. The van der Waals surface area contributed by atoms with Crippen LogP contribution >= 0.6 is 0 Å². The number of aryl methyl sites for hydroxylation is 1. The van der Waals surface area contributed by atoms with E-state index in [9.17, 15) is 9.59 Å². The van der Waals surface area contributed by atoms with Crippen LogP contribution in [0.2, 0.25) is 0 Å². The van der Waals surface area contributed by atoms with Gasteiger partial charge in [0, 0.05) is 12.6 Å². The molecule has 1 aromatic carbocycles. The van der Waals surface area contributed by atoms with Crippen molar-refractivity contribution in [3.63, 3.8) is 0 Å². The van der Waals surface area contributed by atoms with E-state index in [1.807, 2.05) is 32.0 Å². The molecular weight excluding hydrogens is 252 g/mol. The van der Waals surface area contributed by atoms with Gasteiger partial charge < -0.3 is 10.6 Å². The molecule has 0 saturated carbocycles. The van der Waals surface area contributed by atoms with Gasteiger partial charge in [-0.15, -0.1) is 0 Å². The van der Waals surface area contributed by atoms with Gasteiger partial charge in [-0.05, 0) is 38.2 Å². The van der Waals surface area contributed by atoms with Crippen LogP contribution in [0.3, 0.4) is 0 Å². The summed E-state index contributed by atoms with van der Waals surface area (Å²) in [5, 5.41) is 5.29. The van der Waals surface area contributed by atoms with Gasteiger partial charge in [0.15, 0.2) is 0 Å². The summed E-state index contributed by atoms with van der Waals surface area (Å²) in [6, 6.07) is 10.3. The van der Waals surface area contributed by atoms with Crippen LogP contribution in [0.1, 0.15) is 38.7 Å². The molecule has 110 valence electrons. The maximum absolute atomic E-state index is 11.5. The van der Waals surface area contributed by atoms with Crippen molar-refractivity contribution >= 4 is 11.8 Å². The number of amides is 2. The number of carbonyl (C=O) groups excluding carboxylic acids is 2. The van der Waals surface area contributed by atoms with Crippen LogP contribution in [0.15, 0.2) is 30.3 Å². The van der Waals surface area contributed by atoms with Gasteiger partial charge in [0.1, 0.15) is 0 Å². The third kappa shape index (κ3) is 6.36. The van der Waals surface area contributed by atoms with Crippen LogP contribution in [0.25, 0.3) is 0 Å². The summed E-state index contributed by atoms with van der Waals surface area (Å²) in [6.45, 7) is 4.39. The Hall–Kier alpha value is -1.84. The Labute approximate surface area is 121 Å². The van der Waals surface area contributed by atoms with Gasteiger partial charge in [0.05, 0.1) is 0 Å². The number of rotatable bonds is 7. The topological polar surface area (TPSA) is 58.2 Å². The summed E-state index contributed by atoms with van der Waals surface area (Å²) in [6.07, 6.45) is 3.68. The summed E-state index contributed by atoms with van der Waals surface area (Å²) >= 11 is 0. The van der Waals surface area contributed by atoms with Crippen LogP contribution in [-0.4, -0.2) is 24.4 Å². The van der Waals surface area contributed by atoms with E-state index < -0.39 is 11.8 Å². The summed E-state index contributed by atoms with van der Waals surface area (Å²) in [4.78, 5) is 23.0. The van der Waals surface area contributed by atoms with Crippen LogP contribution in [0, 0.1) is 0 Å². The van der Waals surface area contributed by atoms with Gasteiger partial charge in [0.2, 0.25) is 0 Å². The van der Waals surface area contributed by atoms with Crippen LogP contribution in [0.4, 0.5) is 0 Å². The number of nitrogens with one attached hydrogen (secondary N) is 2. The zero-order valence-electron chi connectivity index (χ0n) is 12.3. The highest BCUT2D eigenvalue weighted by Gasteiger charge is 2.14. The van der Waals surface area contributed by atoms with Crippen molar-refractivity contribution in [1.82, 2.24) is 10.6 Å². The Morgan fingerprint density at radius 1 is 1.10 bits per heavy atom. The number of hydrogen-bond donors (Lipinski definition) is 2. The number of benzene rings is 1. The first-order chi connectivity index (χ1) is 9.63. The lowest BCUT2D eigenvalue weighted by atomic mass is 10.1. The number of unbranched alkanes of at least 4 members (excludes halogenated alkanes) is 1. The van der Waals surface area contributed by atoms with Crippen LogP contribution < -0.4 is 10.6 Å². The lowest BCUT2D eigenvalue weighted by Crippen LogP contribution is -2.43. The van der Waals surface area contributed by atoms with E-state index in [0.717, 1.165) is 25.7 Å². The fourth-order valence-electron chi connectivity index (χ4n) is 1.77. The maximum Gasteiger partial charge on any atom is 0.309 e. The highest BCUT2D eigenvalue weighted by molar-refractivity contribution is 6.35. The van der Waals surface area contributed by atoms with Gasteiger partial charge >= 0.3 is 11.8 Å². The normalized spacial score (nSPS) is 11.7. The molecule has 1 atom stereocenters. The van der Waals surface area contributed by atoms with Gasteiger partial charge in [-0.2, -0.15) is 0 Å². The predicted octanol–water partition coefficient (Wildman–Crippen LogP) is 2.04. The molecule has 0 heterocycles. The maximum atomic E-state index is 11.5. The molecule has 1 aromatic rings. The molecule has 0 aliphatic carbocycles.